The number of hydrogen-bond donors (Lipinski definition) is 0. The first kappa shape index (κ1) is 6.32. The minimum Gasteiger partial charge on any atom is -0.191 e. The second-order valence-electron chi connectivity index (χ2n) is 3.40. The van der Waals surface area contributed by atoms with Crippen LogP contribution < -0.4 is 0 Å². The molecule has 0 heterocycles. The summed E-state index contributed by atoms with van der Waals surface area (Å²) in [7, 11) is 0. The Morgan fingerprint density at radius 1 is 0.700 bits per heavy atom. The largest absolute Gasteiger partial charge is 0.191 e. The lowest BCUT2D eigenvalue weighted by molar-refractivity contribution is 0.356. The summed E-state index contributed by atoms with van der Waals surface area (Å²) in [6.45, 7) is 0. The Kier molecular flexibility index (Phi) is 1.70. The van der Waals surface area contributed by atoms with Crippen LogP contribution in [0.2, 0.25) is 0 Å². The van der Waals surface area contributed by atoms with E-state index in [9.17, 15) is 0 Å². The summed E-state index contributed by atoms with van der Waals surface area (Å²) >= 11 is 0. The zero-order valence-electron chi connectivity index (χ0n) is 6.29. The van der Waals surface area contributed by atoms with Crippen LogP contribution >= 0.6 is 0 Å². The summed E-state index contributed by atoms with van der Waals surface area (Å²) < 4.78 is 0. The Morgan fingerprint density at radius 3 is 1.30 bits per heavy atom. The van der Waals surface area contributed by atoms with E-state index in [-0.39, 0.29) is 0 Å². The number of hydrogen-bond acceptors (Lipinski definition) is 2. The van der Waals surface area contributed by atoms with Crippen LogP contribution in [0.15, 0.2) is 10.2 Å². The number of rotatable bonds is 2. The molecule has 0 aromatic heterocycles. The molecule has 0 bridgehead atoms. The van der Waals surface area contributed by atoms with Crippen molar-refractivity contribution in [2.45, 2.75) is 50.6 Å². The summed E-state index contributed by atoms with van der Waals surface area (Å²) in [6, 6.07) is 1.22. The first-order chi connectivity index (χ1) is 4.95. The van der Waals surface area contributed by atoms with Crippen LogP contribution in [0.3, 0.4) is 0 Å². The number of nitrogens with zero attached hydrogens (tertiary/aromatic N) is 2. The maximum atomic E-state index is 4.28. The molecule has 0 radical (unpaired) electrons. The first-order valence-corrected chi connectivity index (χ1v) is 4.35. The Hall–Kier alpha value is -0.400. The van der Waals surface area contributed by atoms with E-state index < -0.39 is 0 Å². The lowest BCUT2D eigenvalue weighted by Crippen LogP contribution is -2.18. The topological polar surface area (TPSA) is 24.7 Å². The van der Waals surface area contributed by atoms with Crippen molar-refractivity contribution in [2.75, 3.05) is 0 Å². The SMILES string of the molecule is C1CC(N=NC2CCC2)C1. The van der Waals surface area contributed by atoms with Crippen LogP contribution in [-0.4, -0.2) is 12.1 Å². The van der Waals surface area contributed by atoms with Crippen LogP contribution in [0.1, 0.15) is 38.5 Å². The van der Waals surface area contributed by atoms with Crippen LogP contribution in [0.5, 0.6) is 0 Å². The third-order valence-electron chi connectivity index (χ3n) is 2.54. The quantitative estimate of drug-likeness (QED) is 0.524. The Labute approximate surface area is 61.7 Å². The van der Waals surface area contributed by atoms with Gasteiger partial charge in [0.2, 0.25) is 0 Å². The summed E-state index contributed by atoms with van der Waals surface area (Å²) in [4.78, 5) is 0. The molecule has 2 fully saturated rings. The van der Waals surface area contributed by atoms with Gasteiger partial charge in [0.1, 0.15) is 0 Å². The van der Waals surface area contributed by atoms with Gasteiger partial charge in [-0.2, -0.15) is 10.2 Å². The lowest BCUT2D eigenvalue weighted by Gasteiger charge is -2.23. The average molecular weight is 138 g/mol. The maximum absolute atomic E-state index is 4.28. The third-order valence-corrected chi connectivity index (χ3v) is 2.54. The van der Waals surface area contributed by atoms with Crippen LogP contribution in [0, 0.1) is 0 Å². The van der Waals surface area contributed by atoms with Crippen molar-refractivity contribution in [3.8, 4) is 0 Å². The molecule has 0 unspecified atom stereocenters. The van der Waals surface area contributed by atoms with Gasteiger partial charge in [-0.3, -0.25) is 0 Å². The van der Waals surface area contributed by atoms with E-state index in [2.05, 4.69) is 10.2 Å². The predicted molar refractivity (Wildman–Crippen MR) is 40.1 cm³/mol. The molecule has 0 atom stereocenters. The van der Waals surface area contributed by atoms with Crippen molar-refractivity contribution in [3.05, 3.63) is 0 Å². The van der Waals surface area contributed by atoms with Crippen molar-refractivity contribution in [2.24, 2.45) is 10.2 Å². The molecule has 2 aliphatic carbocycles. The molecular weight excluding hydrogens is 124 g/mol. The third kappa shape index (κ3) is 1.20. The predicted octanol–water partition coefficient (Wildman–Crippen LogP) is 2.54. The zero-order chi connectivity index (χ0) is 6.81. The Balaban J connectivity index is 1.70. The Morgan fingerprint density at radius 2 is 1.10 bits per heavy atom. The van der Waals surface area contributed by atoms with Gasteiger partial charge in [0, 0.05) is 0 Å². The van der Waals surface area contributed by atoms with Gasteiger partial charge >= 0.3 is 0 Å². The summed E-state index contributed by atoms with van der Waals surface area (Å²) in [5, 5.41) is 8.55. The second-order valence-corrected chi connectivity index (χ2v) is 3.40. The van der Waals surface area contributed by atoms with Gasteiger partial charge in [0.15, 0.2) is 0 Å². The monoisotopic (exact) mass is 138 g/mol. The van der Waals surface area contributed by atoms with Crippen LogP contribution in [0.4, 0.5) is 0 Å². The van der Waals surface area contributed by atoms with E-state index in [4.69, 9.17) is 0 Å². The molecule has 0 N–H and O–H groups in total. The molecule has 0 saturated heterocycles. The maximum Gasteiger partial charge on any atom is 0.0708 e. The summed E-state index contributed by atoms with van der Waals surface area (Å²) in [5.41, 5.74) is 0. The molecule has 2 nitrogen and oxygen atoms in total. The van der Waals surface area contributed by atoms with Gasteiger partial charge in [0.25, 0.3) is 0 Å². The van der Waals surface area contributed by atoms with Gasteiger partial charge in [-0.25, -0.2) is 0 Å². The van der Waals surface area contributed by atoms with Crippen molar-refractivity contribution in [1.29, 1.82) is 0 Å². The highest BCUT2D eigenvalue weighted by Gasteiger charge is 2.19. The Bertz CT molecular complexity index is 118. The molecule has 0 spiro atoms. The molecule has 0 aromatic carbocycles. The van der Waals surface area contributed by atoms with E-state index >= 15 is 0 Å². The van der Waals surface area contributed by atoms with Gasteiger partial charge in [0.05, 0.1) is 12.1 Å². The van der Waals surface area contributed by atoms with E-state index in [1.54, 1.807) is 0 Å². The highest BCUT2D eigenvalue weighted by molar-refractivity contribution is 4.78. The van der Waals surface area contributed by atoms with E-state index in [0.29, 0.717) is 12.1 Å². The van der Waals surface area contributed by atoms with Gasteiger partial charge in [-0.1, -0.05) is 0 Å². The van der Waals surface area contributed by atoms with Gasteiger partial charge in [-0.05, 0) is 38.5 Å². The highest BCUT2D eigenvalue weighted by atomic mass is 15.1. The molecule has 10 heavy (non-hydrogen) atoms. The number of azo groups is 1. The lowest BCUT2D eigenvalue weighted by atomic mass is 9.93. The fraction of sp³-hybridized carbons (Fsp3) is 1.00. The van der Waals surface area contributed by atoms with E-state index in [1.165, 1.54) is 38.5 Å². The van der Waals surface area contributed by atoms with Crippen molar-refractivity contribution < 1.29 is 0 Å². The second kappa shape index (κ2) is 2.69. The molecule has 0 aliphatic heterocycles. The molecule has 2 heteroatoms. The smallest absolute Gasteiger partial charge is 0.0708 e. The van der Waals surface area contributed by atoms with Crippen LogP contribution in [-0.2, 0) is 0 Å². The molecule has 56 valence electrons. The molecule has 2 aliphatic rings. The minimum absolute atomic E-state index is 0.612. The summed E-state index contributed by atoms with van der Waals surface area (Å²) in [6.07, 6.45) is 7.89. The standard InChI is InChI=1S/C8H14N2/c1-3-7(4-1)9-10-8-5-2-6-8/h7-8H,1-6H2. The fourth-order valence-corrected chi connectivity index (χ4v) is 1.19. The molecule has 2 rings (SSSR count). The normalized spacial score (nSPS) is 28.4. The molecule has 0 aromatic rings. The van der Waals surface area contributed by atoms with E-state index in [1.807, 2.05) is 0 Å². The van der Waals surface area contributed by atoms with Crippen molar-refractivity contribution >= 4 is 0 Å². The van der Waals surface area contributed by atoms with Crippen molar-refractivity contribution in [1.82, 2.24) is 0 Å². The van der Waals surface area contributed by atoms with Crippen LogP contribution in [0.25, 0.3) is 0 Å². The fourth-order valence-electron chi connectivity index (χ4n) is 1.19. The highest BCUT2D eigenvalue weighted by Crippen LogP contribution is 2.26. The van der Waals surface area contributed by atoms with E-state index in [0.717, 1.165) is 0 Å². The molecule has 0 amide bonds. The average Bonchev–Trinajstić information content (AvgIpc) is 1.70. The molecule has 2 saturated carbocycles. The van der Waals surface area contributed by atoms with Gasteiger partial charge < -0.3 is 0 Å². The molecular formula is C8H14N2. The summed E-state index contributed by atoms with van der Waals surface area (Å²) in [5.74, 6) is 0. The zero-order valence-corrected chi connectivity index (χ0v) is 6.29. The first-order valence-electron chi connectivity index (χ1n) is 4.35. The van der Waals surface area contributed by atoms with Gasteiger partial charge in [-0.15, -0.1) is 0 Å². The van der Waals surface area contributed by atoms with Crippen molar-refractivity contribution in [3.63, 3.8) is 0 Å². The minimum atomic E-state index is 0.612.